The van der Waals surface area contributed by atoms with Gasteiger partial charge in [-0.2, -0.15) is 0 Å². The standard InChI is InChI=1S/C73H142O17P2/c1-7-9-11-13-15-17-18-19-25-28-32-38-44-50-56-71(76)84-61-68(89-72(77)57-51-45-39-33-29-26-23-21-20-22-24-27-31-35-41-47-53-65(3)4)63-87-91(79,80)85-59-67(74)60-86-92(81,82)88-64-69(62-83-70(75)55-49-43-37-30-16-14-12-10-8-2)90-73(78)58-52-46-40-34-36-42-48-54-66(5)6/h65-69,74H,7-64H2,1-6H3,(H,79,80)(H,81,82)/t67-,68-,69-/m1/s1. The van der Waals surface area contributed by atoms with Crippen molar-refractivity contribution in [3.63, 3.8) is 0 Å². The van der Waals surface area contributed by atoms with E-state index >= 15 is 0 Å². The molecule has 0 amide bonds. The molecule has 2 unspecified atom stereocenters. The number of rotatable bonds is 72. The largest absolute Gasteiger partial charge is 0.472 e. The molecular formula is C73H142O17P2. The first kappa shape index (κ1) is 90.1. The third-order valence-electron chi connectivity index (χ3n) is 17.0. The van der Waals surface area contributed by atoms with Gasteiger partial charge in [0, 0.05) is 25.7 Å². The van der Waals surface area contributed by atoms with Gasteiger partial charge in [0.2, 0.25) is 0 Å². The molecule has 3 N–H and O–H groups in total. The van der Waals surface area contributed by atoms with E-state index in [9.17, 15) is 43.2 Å². The average molecular weight is 1350 g/mol. The van der Waals surface area contributed by atoms with Crippen molar-refractivity contribution in [1.29, 1.82) is 0 Å². The third kappa shape index (κ3) is 66.7. The van der Waals surface area contributed by atoms with Crippen LogP contribution in [0.25, 0.3) is 0 Å². The maximum atomic E-state index is 13.1. The molecule has 0 saturated carbocycles. The molecule has 0 aliphatic heterocycles. The van der Waals surface area contributed by atoms with Gasteiger partial charge in [0.15, 0.2) is 12.2 Å². The fourth-order valence-electron chi connectivity index (χ4n) is 11.1. The zero-order chi connectivity index (χ0) is 67.9. The number of hydrogen-bond donors (Lipinski definition) is 3. The number of hydrogen-bond acceptors (Lipinski definition) is 15. The predicted molar refractivity (Wildman–Crippen MR) is 372 cm³/mol. The maximum Gasteiger partial charge on any atom is 0.472 e. The van der Waals surface area contributed by atoms with E-state index in [1.807, 2.05) is 0 Å². The van der Waals surface area contributed by atoms with Gasteiger partial charge in [0.25, 0.3) is 0 Å². The molecule has 546 valence electrons. The molecule has 0 aliphatic rings. The van der Waals surface area contributed by atoms with Crippen molar-refractivity contribution in [2.45, 2.75) is 394 Å². The van der Waals surface area contributed by atoms with Crippen LogP contribution in [0.4, 0.5) is 0 Å². The zero-order valence-corrected chi connectivity index (χ0v) is 61.6. The minimum absolute atomic E-state index is 0.104. The Morgan fingerprint density at radius 1 is 0.293 bits per heavy atom. The Bertz CT molecular complexity index is 1790. The van der Waals surface area contributed by atoms with Gasteiger partial charge >= 0.3 is 39.5 Å². The summed E-state index contributed by atoms with van der Waals surface area (Å²) in [5.74, 6) is -0.617. The second-order valence-electron chi connectivity index (χ2n) is 27.3. The summed E-state index contributed by atoms with van der Waals surface area (Å²) in [7, 11) is -9.90. The number of aliphatic hydroxyl groups excluding tert-OH is 1. The van der Waals surface area contributed by atoms with E-state index in [4.69, 9.17) is 37.0 Å². The van der Waals surface area contributed by atoms with E-state index in [1.165, 1.54) is 193 Å². The van der Waals surface area contributed by atoms with Gasteiger partial charge in [-0.15, -0.1) is 0 Å². The van der Waals surface area contributed by atoms with Crippen LogP contribution < -0.4 is 0 Å². The van der Waals surface area contributed by atoms with Crippen molar-refractivity contribution in [3.8, 4) is 0 Å². The average Bonchev–Trinajstić information content (AvgIpc) is 1.89. The van der Waals surface area contributed by atoms with E-state index in [1.54, 1.807) is 0 Å². The van der Waals surface area contributed by atoms with Gasteiger partial charge in [-0.05, 0) is 37.5 Å². The molecule has 0 aliphatic carbocycles. The number of aliphatic hydroxyl groups is 1. The molecule has 17 nitrogen and oxygen atoms in total. The topological polar surface area (TPSA) is 237 Å². The van der Waals surface area contributed by atoms with Crippen LogP contribution in [0, 0.1) is 11.8 Å². The molecule has 0 aromatic rings. The summed E-state index contributed by atoms with van der Waals surface area (Å²) in [6.45, 7) is 9.52. The van der Waals surface area contributed by atoms with E-state index < -0.39 is 97.5 Å². The summed E-state index contributed by atoms with van der Waals surface area (Å²) in [5.41, 5.74) is 0. The Hall–Kier alpha value is -1.94. The highest BCUT2D eigenvalue weighted by Gasteiger charge is 2.30. The van der Waals surface area contributed by atoms with Crippen LogP contribution in [-0.2, 0) is 65.4 Å². The van der Waals surface area contributed by atoms with Gasteiger partial charge in [-0.3, -0.25) is 37.3 Å². The van der Waals surface area contributed by atoms with E-state index in [0.717, 1.165) is 95.8 Å². The first-order chi connectivity index (χ1) is 44.4. The SMILES string of the molecule is CCCCCCCCCCCCCCCCC(=O)OC[C@H](COP(=O)(O)OC[C@@H](O)COP(=O)(O)OC[C@@H](COC(=O)CCCCCCCCCCC)OC(=O)CCCCCCCCCC(C)C)OC(=O)CCCCCCCCCCCCCCCCCCC(C)C. The van der Waals surface area contributed by atoms with E-state index in [2.05, 4.69) is 41.5 Å². The van der Waals surface area contributed by atoms with Gasteiger partial charge in [-0.25, -0.2) is 9.13 Å². The van der Waals surface area contributed by atoms with Gasteiger partial charge in [0.1, 0.15) is 19.3 Å². The lowest BCUT2D eigenvalue weighted by Crippen LogP contribution is -2.30. The van der Waals surface area contributed by atoms with Crippen molar-refractivity contribution >= 4 is 39.5 Å². The molecule has 0 aromatic heterocycles. The van der Waals surface area contributed by atoms with Crippen LogP contribution >= 0.6 is 15.6 Å². The summed E-state index contributed by atoms with van der Waals surface area (Å²) in [5, 5.41) is 10.6. The van der Waals surface area contributed by atoms with Crippen molar-refractivity contribution in [2.24, 2.45) is 11.8 Å². The first-order valence-electron chi connectivity index (χ1n) is 38.0. The highest BCUT2D eigenvalue weighted by molar-refractivity contribution is 7.47. The van der Waals surface area contributed by atoms with E-state index in [-0.39, 0.29) is 25.7 Å². The number of unbranched alkanes of at least 4 members (excludes halogenated alkanes) is 42. The van der Waals surface area contributed by atoms with Crippen LogP contribution in [0.1, 0.15) is 375 Å². The van der Waals surface area contributed by atoms with Crippen LogP contribution in [0.15, 0.2) is 0 Å². The van der Waals surface area contributed by atoms with Crippen molar-refractivity contribution in [2.75, 3.05) is 39.6 Å². The van der Waals surface area contributed by atoms with Crippen LogP contribution in [-0.4, -0.2) is 96.7 Å². The summed E-state index contributed by atoms with van der Waals surface area (Å²) in [6, 6.07) is 0. The van der Waals surface area contributed by atoms with Crippen molar-refractivity contribution in [1.82, 2.24) is 0 Å². The summed E-state index contributed by atoms with van der Waals surface area (Å²) in [4.78, 5) is 72.6. The molecule has 0 fully saturated rings. The Labute approximate surface area is 562 Å². The van der Waals surface area contributed by atoms with Crippen LogP contribution in [0.2, 0.25) is 0 Å². The molecule has 92 heavy (non-hydrogen) atoms. The molecule has 0 heterocycles. The molecule has 0 aromatic carbocycles. The maximum absolute atomic E-state index is 13.1. The molecule has 0 rings (SSSR count). The minimum atomic E-state index is -4.95. The number of phosphoric ester groups is 2. The summed E-state index contributed by atoms with van der Waals surface area (Å²) < 4.78 is 68.3. The van der Waals surface area contributed by atoms with E-state index in [0.29, 0.717) is 31.6 Å². The highest BCUT2D eigenvalue weighted by atomic mass is 31.2. The van der Waals surface area contributed by atoms with Gasteiger partial charge in [-0.1, -0.05) is 324 Å². The fraction of sp³-hybridized carbons (Fsp3) is 0.945. The summed E-state index contributed by atoms with van der Waals surface area (Å²) >= 11 is 0. The van der Waals surface area contributed by atoms with Gasteiger partial charge < -0.3 is 33.8 Å². The van der Waals surface area contributed by atoms with Crippen LogP contribution in [0.3, 0.4) is 0 Å². The molecule has 0 spiro atoms. The number of carbonyl (C=O) groups is 4. The normalized spacial score (nSPS) is 14.1. The van der Waals surface area contributed by atoms with Crippen LogP contribution in [0.5, 0.6) is 0 Å². The second-order valence-corrected chi connectivity index (χ2v) is 30.2. The number of carbonyl (C=O) groups excluding carboxylic acids is 4. The lowest BCUT2D eigenvalue weighted by atomic mass is 10.0. The zero-order valence-electron chi connectivity index (χ0n) is 59.9. The number of esters is 4. The Morgan fingerprint density at radius 2 is 0.500 bits per heavy atom. The summed E-state index contributed by atoms with van der Waals surface area (Å²) in [6.07, 6.45) is 51.4. The molecule has 19 heteroatoms. The second kappa shape index (κ2) is 65.0. The fourth-order valence-corrected chi connectivity index (χ4v) is 12.7. The van der Waals surface area contributed by atoms with Crippen molar-refractivity contribution < 1.29 is 80.2 Å². The Balaban J connectivity index is 5.20. The molecule has 0 radical (unpaired) electrons. The first-order valence-corrected chi connectivity index (χ1v) is 41.0. The molecule has 5 atom stereocenters. The third-order valence-corrected chi connectivity index (χ3v) is 18.9. The lowest BCUT2D eigenvalue weighted by Gasteiger charge is -2.21. The Morgan fingerprint density at radius 3 is 0.739 bits per heavy atom. The quantitative estimate of drug-likeness (QED) is 0.0222. The molecule has 0 bridgehead atoms. The number of phosphoric acid groups is 2. The Kier molecular flexibility index (Phi) is 63.7. The lowest BCUT2D eigenvalue weighted by molar-refractivity contribution is -0.161. The monoisotopic (exact) mass is 1350 g/mol. The molecule has 0 saturated heterocycles. The molecular weight excluding hydrogens is 1210 g/mol. The minimum Gasteiger partial charge on any atom is -0.462 e. The van der Waals surface area contributed by atoms with Crippen molar-refractivity contribution in [3.05, 3.63) is 0 Å². The smallest absolute Gasteiger partial charge is 0.462 e. The highest BCUT2D eigenvalue weighted by Crippen LogP contribution is 2.45. The number of ether oxygens (including phenoxy) is 4. The predicted octanol–water partition coefficient (Wildman–Crippen LogP) is 21.2. The van der Waals surface area contributed by atoms with Gasteiger partial charge in [0.05, 0.1) is 26.4 Å².